The Morgan fingerprint density at radius 1 is 0.533 bits per heavy atom. The largest absolute Gasteiger partial charge is 0.310 e. The van der Waals surface area contributed by atoms with Crippen molar-refractivity contribution < 1.29 is 0 Å². The highest BCUT2D eigenvalue weighted by Crippen LogP contribution is 2.46. The zero-order valence-electron chi connectivity index (χ0n) is 26.3. The summed E-state index contributed by atoms with van der Waals surface area (Å²) in [6.07, 6.45) is 2.00. The molecule has 214 valence electrons. The van der Waals surface area contributed by atoms with Crippen molar-refractivity contribution in [3.63, 3.8) is 0 Å². The minimum atomic E-state index is -2.73. The summed E-state index contributed by atoms with van der Waals surface area (Å²) in [4.78, 5) is 2.63. The third kappa shape index (κ3) is 3.10. The number of hydrogen-bond donors (Lipinski definition) is 0. The van der Waals surface area contributed by atoms with Gasteiger partial charge in [-0.15, -0.1) is 0 Å². The molecule has 0 saturated carbocycles. The van der Waals surface area contributed by atoms with Crippen LogP contribution in [0.5, 0.6) is 0 Å². The molecule has 1 spiro atoms. The van der Waals surface area contributed by atoms with Crippen LogP contribution in [0.15, 0.2) is 109 Å². The third-order valence-corrected chi connectivity index (χ3v) is 16.4. The van der Waals surface area contributed by atoms with Gasteiger partial charge in [0.25, 0.3) is 0 Å². The highest BCUT2D eigenvalue weighted by Gasteiger charge is 2.56. The van der Waals surface area contributed by atoms with E-state index in [1.54, 1.807) is 26.6 Å². The topological polar surface area (TPSA) is 3.24 Å². The Kier molecular flexibility index (Phi) is 5.01. The Morgan fingerprint density at radius 2 is 1.29 bits per heavy atom. The molecule has 6 aromatic carbocycles. The van der Waals surface area contributed by atoms with Crippen molar-refractivity contribution in [2.24, 2.45) is 0 Å². The number of benzene rings is 6. The van der Waals surface area contributed by atoms with Gasteiger partial charge in [0.15, 0.2) is 8.07 Å². The molecule has 45 heavy (non-hydrogen) atoms. The molecule has 1 nitrogen and oxygen atoms in total. The van der Waals surface area contributed by atoms with Crippen LogP contribution < -0.4 is 42.0 Å². The van der Waals surface area contributed by atoms with Crippen LogP contribution in [0.4, 0.5) is 17.1 Å². The molecule has 0 amide bonds. The maximum Gasteiger partial charge on any atom is 0.241 e. The summed E-state index contributed by atoms with van der Waals surface area (Å²) in [5.74, 6) is 0. The average Bonchev–Trinajstić information content (AvgIpc) is 3.05. The quantitative estimate of drug-likeness (QED) is 0.231. The van der Waals surface area contributed by atoms with E-state index in [0.29, 0.717) is 0 Å². The van der Waals surface area contributed by atoms with Gasteiger partial charge in [-0.25, -0.2) is 0 Å². The van der Waals surface area contributed by atoms with Crippen LogP contribution in [0.2, 0.25) is 0 Å². The van der Waals surface area contributed by atoms with E-state index in [1.165, 1.54) is 72.1 Å². The van der Waals surface area contributed by atoms with Crippen LogP contribution >= 0.6 is 0 Å². The van der Waals surface area contributed by atoms with Gasteiger partial charge in [0.1, 0.15) is 0 Å². The Morgan fingerprint density at radius 3 is 2.18 bits per heavy atom. The lowest BCUT2D eigenvalue weighted by atomic mass is 9.33. The van der Waals surface area contributed by atoms with E-state index in [2.05, 4.69) is 142 Å². The molecule has 1 unspecified atom stereocenters. The van der Waals surface area contributed by atoms with Gasteiger partial charge < -0.3 is 4.90 Å². The fourth-order valence-corrected chi connectivity index (χ4v) is 15.5. The second-order valence-corrected chi connectivity index (χ2v) is 17.5. The van der Waals surface area contributed by atoms with E-state index in [1.807, 2.05) is 0 Å². The second kappa shape index (κ2) is 8.77. The standard InChI is InChI=1S/C42H34BNSi/c1-25-16-18-35-29(20-25)23-30-21-26(2)22-40-42(30)44(35)36-13-6-8-15-38(36)45(40)37-14-7-5-11-34(37)43-33-12-9-10-27(3)31(33)24-32-28(4)17-19-39(45)41(32)43/h5-22H,23-24H2,1-4H3. The smallest absolute Gasteiger partial charge is 0.241 e. The Bertz CT molecular complexity index is 2300. The summed E-state index contributed by atoms with van der Waals surface area (Å²) >= 11 is 0. The summed E-state index contributed by atoms with van der Waals surface area (Å²) in [5, 5.41) is 6.26. The van der Waals surface area contributed by atoms with Crippen molar-refractivity contribution in [1.82, 2.24) is 0 Å². The predicted molar refractivity (Wildman–Crippen MR) is 194 cm³/mol. The predicted octanol–water partition coefficient (Wildman–Crippen LogP) is 4.72. The van der Waals surface area contributed by atoms with Gasteiger partial charge in [-0.3, -0.25) is 0 Å². The van der Waals surface area contributed by atoms with Crippen LogP contribution in [0.1, 0.15) is 44.5 Å². The van der Waals surface area contributed by atoms with Crippen molar-refractivity contribution in [1.29, 1.82) is 0 Å². The molecule has 10 rings (SSSR count). The van der Waals surface area contributed by atoms with Crippen molar-refractivity contribution in [2.75, 3.05) is 4.90 Å². The first-order valence-corrected chi connectivity index (χ1v) is 18.4. The van der Waals surface area contributed by atoms with Crippen molar-refractivity contribution in [2.45, 2.75) is 40.5 Å². The minimum absolute atomic E-state index is 0.266. The average molecular weight is 592 g/mol. The molecule has 0 aliphatic carbocycles. The van der Waals surface area contributed by atoms with Gasteiger partial charge in [0.05, 0.1) is 5.69 Å². The lowest BCUT2D eigenvalue weighted by Gasteiger charge is -2.52. The summed E-state index contributed by atoms with van der Waals surface area (Å²) in [6.45, 7) is 9.45. The Balaban J connectivity index is 1.40. The molecule has 0 fully saturated rings. The summed E-state index contributed by atoms with van der Waals surface area (Å²) in [6, 6.07) is 43.1. The molecule has 3 heteroatoms. The highest BCUT2D eigenvalue weighted by molar-refractivity contribution is 7.27. The summed E-state index contributed by atoms with van der Waals surface area (Å²) in [5.41, 5.74) is 20.3. The van der Waals surface area contributed by atoms with Crippen molar-refractivity contribution in [3.05, 3.63) is 154 Å². The van der Waals surface area contributed by atoms with E-state index in [-0.39, 0.29) is 6.71 Å². The van der Waals surface area contributed by atoms with Gasteiger partial charge in [0.2, 0.25) is 6.71 Å². The molecule has 6 aromatic rings. The fourth-order valence-electron chi connectivity index (χ4n) is 9.69. The van der Waals surface area contributed by atoms with Gasteiger partial charge in [0, 0.05) is 17.8 Å². The number of para-hydroxylation sites is 1. The molecular weight excluding hydrogens is 557 g/mol. The van der Waals surface area contributed by atoms with E-state index in [9.17, 15) is 0 Å². The number of nitrogens with zero attached hydrogens (tertiary/aromatic N) is 1. The van der Waals surface area contributed by atoms with E-state index < -0.39 is 8.07 Å². The van der Waals surface area contributed by atoms with Gasteiger partial charge in [-0.1, -0.05) is 125 Å². The molecular formula is C42H34BNSi. The van der Waals surface area contributed by atoms with Crippen LogP contribution in [0, 0.1) is 27.7 Å². The SMILES string of the molecule is Cc1ccc2c(c1)Cc1cc(C)cc3c1N2c1ccccc1[Si]31c2ccccc2B2c3cccc(C)c3Cc3c(C)ccc1c32. The monoisotopic (exact) mass is 591 g/mol. The van der Waals surface area contributed by atoms with Crippen LogP contribution in [0.25, 0.3) is 0 Å². The normalized spacial score (nSPS) is 17.6. The van der Waals surface area contributed by atoms with Gasteiger partial charge in [-0.05, 0) is 100 Å². The number of aryl methyl sites for hydroxylation is 4. The maximum absolute atomic E-state index is 2.73. The molecule has 0 saturated heterocycles. The lowest BCUT2D eigenvalue weighted by Crippen LogP contribution is -2.88. The van der Waals surface area contributed by atoms with E-state index in [0.717, 1.165) is 12.8 Å². The first-order valence-electron chi connectivity index (χ1n) is 16.4. The van der Waals surface area contributed by atoms with Crippen LogP contribution in [-0.4, -0.2) is 14.8 Å². The second-order valence-electron chi connectivity index (χ2n) is 13.9. The molecule has 0 radical (unpaired) electrons. The van der Waals surface area contributed by atoms with E-state index >= 15 is 0 Å². The summed E-state index contributed by atoms with van der Waals surface area (Å²) < 4.78 is 0. The molecule has 1 atom stereocenters. The third-order valence-electron chi connectivity index (χ3n) is 11.4. The Labute approximate surface area is 267 Å². The fraction of sp³-hybridized carbons (Fsp3) is 0.143. The van der Waals surface area contributed by atoms with Crippen molar-refractivity contribution >= 4 is 69.0 Å². The molecule has 0 bridgehead atoms. The lowest BCUT2D eigenvalue weighted by molar-refractivity contribution is 1.08. The zero-order chi connectivity index (χ0) is 30.2. The summed E-state index contributed by atoms with van der Waals surface area (Å²) in [7, 11) is -2.73. The van der Waals surface area contributed by atoms with Crippen molar-refractivity contribution in [3.8, 4) is 0 Å². The molecule has 0 aromatic heterocycles. The first kappa shape index (κ1) is 25.7. The Hall–Kier alpha value is -4.60. The molecule has 4 aliphatic heterocycles. The number of anilines is 3. The molecule has 4 aliphatic rings. The molecule has 4 heterocycles. The first-order chi connectivity index (χ1) is 22.0. The number of hydrogen-bond acceptors (Lipinski definition) is 1. The highest BCUT2D eigenvalue weighted by atomic mass is 28.3. The van der Waals surface area contributed by atoms with Crippen LogP contribution in [0.3, 0.4) is 0 Å². The van der Waals surface area contributed by atoms with Gasteiger partial charge >= 0.3 is 0 Å². The van der Waals surface area contributed by atoms with E-state index in [4.69, 9.17) is 0 Å². The number of fused-ring (bicyclic) bond motifs is 12. The van der Waals surface area contributed by atoms with Crippen LogP contribution in [-0.2, 0) is 12.8 Å². The molecule has 0 N–H and O–H groups in total. The van der Waals surface area contributed by atoms with Gasteiger partial charge in [-0.2, -0.15) is 0 Å². The minimum Gasteiger partial charge on any atom is -0.310 e. The zero-order valence-corrected chi connectivity index (χ0v) is 27.3. The number of rotatable bonds is 0. The maximum atomic E-state index is 2.63.